The summed E-state index contributed by atoms with van der Waals surface area (Å²) in [7, 11) is 1.64. The number of anilines is 1. The second-order valence-electron chi connectivity index (χ2n) is 3.07. The van der Waals surface area contributed by atoms with E-state index in [1.165, 1.54) is 6.20 Å². The van der Waals surface area contributed by atoms with Crippen molar-refractivity contribution in [2.24, 2.45) is 0 Å². The van der Waals surface area contributed by atoms with E-state index in [2.05, 4.69) is 10.3 Å². The van der Waals surface area contributed by atoms with Gasteiger partial charge in [0.2, 0.25) is 0 Å². The fraction of sp³-hybridized carbons (Fsp3) is 0.455. The van der Waals surface area contributed by atoms with Gasteiger partial charge in [0.15, 0.2) is 0 Å². The lowest BCUT2D eigenvalue weighted by Crippen LogP contribution is -2.10. The SMILES string of the molecule is CCOC(=O)c1ccc(NCCOC)nc1. The maximum Gasteiger partial charge on any atom is 0.339 e. The van der Waals surface area contributed by atoms with Gasteiger partial charge in [-0.25, -0.2) is 9.78 Å². The molecule has 88 valence electrons. The molecule has 0 fully saturated rings. The molecule has 0 radical (unpaired) electrons. The maximum atomic E-state index is 11.3. The van der Waals surface area contributed by atoms with E-state index in [1.807, 2.05) is 0 Å². The average molecular weight is 224 g/mol. The third-order valence-electron chi connectivity index (χ3n) is 1.89. The molecule has 5 heteroatoms. The van der Waals surface area contributed by atoms with Crippen molar-refractivity contribution >= 4 is 11.8 Å². The van der Waals surface area contributed by atoms with E-state index in [-0.39, 0.29) is 5.97 Å². The van der Waals surface area contributed by atoms with Crippen molar-refractivity contribution in [3.05, 3.63) is 23.9 Å². The van der Waals surface area contributed by atoms with Gasteiger partial charge in [-0.1, -0.05) is 0 Å². The van der Waals surface area contributed by atoms with Gasteiger partial charge in [0, 0.05) is 19.9 Å². The first-order valence-electron chi connectivity index (χ1n) is 5.14. The van der Waals surface area contributed by atoms with E-state index in [1.54, 1.807) is 26.2 Å². The van der Waals surface area contributed by atoms with Gasteiger partial charge in [0.25, 0.3) is 0 Å². The van der Waals surface area contributed by atoms with Crippen LogP contribution in [-0.4, -0.2) is 37.8 Å². The van der Waals surface area contributed by atoms with Crippen molar-refractivity contribution < 1.29 is 14.3 Å². The lowest BCUT2D eigenvalue weighted by Gasteiger charge is -2.05. The third-order valence-corrected chi connectivity index (χ3v) is 1.89. The molecule has 0 aliphatic heterocycles. The van der Waals surface area contributed by atoms with Gasteiger partial charge < -0.3 is 14.8 Å². The molecule has 0 aliphatic rings. The summed E-state index contributed by atoms with van der Waals surface area (Å²) in [4.78, 5) is 15.4. The number of ether oxygens (including phenoxy) is 2. The number of methoxy groups -OCH3 is 1. The highest BCUT2D eigenvalue weighted by Gasteiger charge is 2.05. The van der Waals surface area contributed by atoms with Crippen molar-refractivity contribution in [3.63, 3.8) is 0 Å². The summed E-state index contributed by atoms with van der Waals surface area (Å²) in [6.07, 6.45) is 1.49. The minimum absolute atomic E-state index is 0.349. The lowest BCUT2D eigenvalue weighted by atomic mass is 10.3. The van der Waals surface area contributed by atoms with Crippen LogP contribution in [0.4, 0.5) is 5.82 Å². The summed E-state index contributed by atoms with van der Waals surface area (Å²) in [6.45, 7) is 3.43. The van der Waals surface area contributed by atoms with E-state index in [0.29, 0.717) is 31.1 Å². The summed E-state index contributed by atoms with van der Waals surface area (Å²) >= 11 is 0. The Kier molecular flexibility index (Phi) is 5.28. The summed E-state index contributed by atoms with van der Waals surface area (Å²) in [6, 6.07) is 3.42. The van der Waals surface area contributed by atoms with E-state index >= 15 is 0 Å². The molecule has 0 unspecified atom stereocenters. The number of nitrogens with zero attached hydrogens (tertiary/aromatic N) is 1. The number of hydrogen-bond donors (Lipinski definition) is 1. The molecule has 1 rings (SSSR count). The molecular formula is C11H16N2O3. The minimum atomic E-state index is -0.349. The highest BCUT2D eigenvalue weighted by Crippen LogP contribution is 2.05. The van der Waals surface area contributed by atoms with Gasteiger partial charge in [-0.2, -0.15) is 0 Å². The Morgan fingerprint density at radius 1 is 1.50 bits per heavy atom. The van der Waals surface area contributed by atoms with Crippen LogP contribution >= 0.6 is 0 Å². The number of carbonyl (C=O) groups excluding carboxylic acids is 1. The normalized spacial score (nSPS) is 9.88. The molecule has 0 atom stereocenters. The van der Waals surface area contributed by atoms with Gasteiger partial charge in [-0.15, -0.1) is 0 Å². The molecule has 16 heavy (non-hydrogen) atoms. The molecule has 1 aromatic heterocycles. The van der Waals surface area contributed by atoms with Crippen molar-refractivity contribution in [2.75, 3.05) is 32.2 Å². The van der Waals surface area contributed by atoms with E-state index in [9.17, 15) is 4.79 Å². The number of hydrogen-bond acceptors (Lipinski definition) is 5. The molecule has 5 nitrogen and oxygen atoms in total. The molecule has 1 N–H and O–H groups in total. The van der Waals surface area contributed by atoms with Crippen LogP contribution in [0.3, 0.4) is 0 Å². The Bertz CT molecular complexity index is 325. The standard InChI is InChI=1S/C11H16N2O3/c1-3-16-11(14)9-4-5-10(13-8-9)12-6-7-15-2/h4-5,8H,3,6-7H2,1-2H3,(H,12,13). The number of carbonyl (C=O) groups is 1. The summed E-state index contributed by atoms with van der Waals surface area (Å²) in [5.74, 6) is 0.364. The fourth-order valence-corrected chi connectivity index (χ4v) is 1.11. The van der Waals surface area contributed by atoms with Crippen LogP contribution in [0.5, 0.6) is 0 Å². The van der Waals surface area contributed by atoms with Gasteiger partial charge in [-0.05, 0) is 19.1 Å². The van der Waals surface area contributed by atoms with E-state index < -0.39 is 0 Å². The molecule has 0 bridgehead atoms. The quantitative estimate of drug-likeness (QED) is 0.583. The zero-order valence-corrected chi connectivity index (χ0v) is 9.53. The number of esters is 1. The van der Waals surface area contributed by atoms with Gasteiger partial charge in [0.1, 0.15) is 5.82 Å². The first-order chi connectivity index (χ1) is 7.77. The zero-order valence-electron chi connectivity index (χ0n) is 9.53. The van der Waals surface area contributed by atoms with Crippen LogP contribution in [0, 0.1) is 0 Å². The molecule has 1 aromatic rings. The second kappa shape index (κ2) is 6.79. The smallest absolute Gasteiger partial charge is 0.339 e. The van der Waals surface area contributed by atoms with Crippen LogP contribution in [0.25, 0.3) is 0 Å². The molecule has 0 aromatic carbocycles. The number of nitrogens with one attached hydrogen (secondary N) is 1. The predicted molar refractivity (Wildman–Crippen MR) is 60.6 cm³/mol. The molecule has 0 saturated heterocycles. The van der Waals surface area contributed by atoms with Gasteiger partial charge in [-0.3, -0.25) is 0 Å². The highest BCUT2D eigenvalue weighted by molar-refractivity contribution is 5.89. The zero-order chi connectivity index (χ0) is 11.8. The Morgan fingerprint density at radius 2 is 2.31 bits per heavy atom. The van der Waals surface area contributed by atoms with Crippen molar-refractivity contribution in [2.45, 2.75) is 6.92 Å². The Hall–Kier alpha value is -1.62. The van der Waals surface area contributed by atoms with Crippen LogP contribution < -0.4 is 5.32 Å². The summed E-state index contributed by atoms with van der Waals surface area (Å²) in [5, 5.41) is 3.06. The molecule has 0 saturated carbocycles. The number of pyridine rings is 1. The van der Waals surface area contributed by atoms with Gasteiger partial charge in [0.05, 0.1) is 18.8 Å². The monoisotopic (exact) mass is 224 g/mol. The molecular weight excluding hydrogens is 208 g/mol. The topological polar surface area (TPSA) is 60.5 Å². The third kappa shape index (κ3) is 3.86. The summed E-state index contributed by atoms with van der Waals surface area (Å²) in [5.41, 5.74) is 0.458. The fourth-order valence-electron chi connectivity index (χ4n) is 1.11. The average Bonchev–Trinajstić information content (AvgIpc) is 2.30. The predicted octanol–water partition coefficient (Wildman–Crippen LogP) is 1.32. The largest absolute Gasteiger partial charge is 0.462 e. The summed E-state index contributed by atoms with van der Waals surface area (Å²) < 4.78 is 9.74. The van der Waals surface area contributed by atoms with Crippen LogP contribution in [0.1, 0.15) is 17.3 Å². The Labute approximate surface area is 94.8 Å². The molecule has 0 amide bonds. The molecule has 1 heterocycles. The van der Waals surface area contributed by atoms with E-state index in [4.69, 9.17) is 9.47 Å². The first-order valence-corrected chi connectivity index (χ1v) is 5.14. The molecule has 0 spiro atoms. The highest BCUT2D eigenvalue weighted by atomic mass is 16.5. The van der Waals surface area contributed by atoms with Crippen molar-refractivity contribution in [1.82, 2.24) is 4.98 Å². The van der Waals surface area contributed by atoms with Crippen LogP contribution in [0.2, 0.25) is 0 Å². The Balaban J connectivity index is 2.50. The van der Waals surface area contributed by atoms with Gasteiger partial charge >= 0.3 is 5.97 Å². The number of aromatic nitrogens is 1. The van der Waals surface area contributed by atoms with Crippen molar-refractivity contribution in [3.8, 4) is 0 Å². The van der Waals surface area contributed by atoms with E-state index in [0.717, 1.165) is 0 Å². The maximum absolute atomic E-state index is 11.3. The van der Waals surface area contributed by atoms with Crippen molar-refractivity contribution in [1.29, 1.82) is 0 Å². The first kappa shape index (κ1) is 12.4. The van der Waals surface area contributed by atoms with Crippen LogP contribution in [-0.2, 0) is 9.47 Å². The number of rotatable bonds is 6. The Morgan fingerprint density at radius 3 is 2.88 bits per heavy atom. The minimum Gasteiger partial charge on any atom is -0.462 e. The van der Waals surface area contributed by atoms with Crippen LogP contribution in [0.15, 0.2) is 18.3 Å². The second-order valence-corrected chi connectivity index (χ2v) is 3.07. The lowest BCUT2D eigenvalue weighted by molar-refractivity contribution is 0.0526. The molecule has 0 aliphatic carbocycles.